The van der Waals surface area contributed by atoms with Gasteiger partial charge in [-0.2, -0.15) is 5.10 Å². The predicted molar refractivity (Wildman–Crippen MR) is 100 cm³/mol. The third kappa shape index (κ3) is 3.89. The molecule has 144 valence electrons. The minimum atomic E-state index is -0.290. The van der Waals surface area contributed by atoms with E-state index in [1.807, 2.05) is 17.7 Å². The van der Waals surface area contributed by atoms with Crippen LogP contribution in [-0.4, -0.2) is 28.8 Å². The van der Waals surface area contributed by atoms with Gasteiger partial charge in [0.05, 0.1) is 17.7 Å². The average Bonchev–Trinajstić information content (AvgIpc) is 3.08. The van der Waals surface area contributed by atoms with E-state index in [0.717, 1.165) is 36.3 Å². The minimum Gasteiger partial charge on any atom is -0.355 e. The number of carbonyl (C=O) groups is 1. The Bertz CT molecular complexity index is 845. The number of hydrogen-bond donors (Lipinski definition) is 3. The second-order valence-corrected chi connectivity index (χ2v) is 7.97. The zero-order valence-corrected chi connectivity index (χ0v) is 15.8. The van der Waals surface area contributed by atoms with Crippen LogP contribution < -0.4 is 16.2 Å². The Hall–Kier alpha value is -2.25. The van der Waals surface area contributed by atoms with E-state index in [4.69, 9.17) is 0 Å². The van der Waals surface area contributed by atoms with Gasteiger partial charge in [-0.15, -0.1) is 0 Å². The molecule has 7 heteroatoms. The Labute approximate surface area is 158 Å². The number of hydrazine groups is 1. The summed E-state index contributed by atoms with van der Waals surface area (Å²) in [4.78, 5) is 12.8. The van der Waals surface area contributed by atoms with Crippen LogP contribution in [0.15, 0.2) is 30.3 Å². The predicted octanol–water partition coefficient (Wildman–Crippen LogP) is 2.00. The summed E-state index contributed by atoms with van der Waals surface area (Å²) in [5, 5.41) is 7.68. The lowest BCUT2D eigenvalue weighted by molar-refractivity contribution is -0.125. The van der Waals surface area contributed by atoms with E-state index >= 15 is 0 Å². The molecule has 1 amide bonds. The number of aromatic nitrogens is 2. The van der Waals surface area contributed by atoms with Crippen LogP contribution in [0.3, 0.4) is 0 Å². The molecule has 1 saturated carbocycles. The first kappa shape index (κ1) is 18.1. The first-order valence-corrected chi connectivity index (χ1v) is 9.48. The van der Waals surface area contributed by atoms with Crippen molar-refractivity contribution in [3.8, 4) is 0 Å². The van der Waals surface area contributed by atoms with Gasteiger partial charge in [0, 0.05) is 30.7 Å². The van der Waals surface area contributed by atoms with Crippen molar-refractivity contribution in [3.05, 3.63) is 53.1 Å². The maximum Gasteiger partial charge on any atom is 0.226 e. The van der Waals surface area contributed by atoms with Crippen molar-refractivity contribution in [3.63, 3.8) is 0 Å². The normalized spacial score (nSPS) is 23.4. The topological polar surface area (TPSA) is 71.0 Å². The van der Waals surface area contributed by atoms with Gasteiger partial charge >= 0.3 is 0 Å². The van der Waals surface area contributed by atoms with Crippen LogP contribution in [0.4, 0.5) is 4.39 Å². The van der Waals surface area contributed by atoms with Crippen LogP contribution in [0.5, 0.6) is 0 Å². The molecule has 2 atom stereocenters. The Balaban J connectivity index is 1.38. The molecular formula is C20H26FN5O. The molecule has 1 aliphatic carbocycles. The highest BCUT2D eigenvalue weighted by Crippen LogP contribution is 2.46. The highest BCUT2D eigenvalue weighted by molar-refractivity contribution is 5.80. The molecule has 27 heavy (non-hydrogen) atoms. The van der Waals surface area contributed by atoms with Gasteiger partial charge in [0.25, 0.3) is 0 Å². The Morgan fingerprint density at radius 2 is 2.19 bits per heavy atom. The van der Waals surface area contributed by atoms with E-state index in [-0.39, 0.29) is 29.1 Å². The molecule has 2 aromatic rings. The van der Waals surface area contributed by atoms with Gasteiger partial charge in [-0.1, -0.05) is 12.1 Å². The molecule has 0 radical (unpaired) electrons. The monoisotopic (exact) mass is 371 g/mol. The van der Waals surface area contributed by atoms with Crippen molar-refractivity contribution in [1.29, 1.82) is 0 Å². The highest BCUT2D eigenvalue weighted by Gasteiger charge is 2.44. The second kappa shape index (κ2) is 7.05. The first-order valence-electron chi connectivity index (χ1n) is 9.48. The summed E-state index contributed by atoms with van der Waals surface area (Å²) in [5.74, 6) is -0.556. The second-order valence-electron chi connectivity index (χ2n) is 7.97. The van der Waals surface area contributed by atoms with Crippen LogP contribution in [0.1, 0.15) is 35.8 Å². The molecule has 1 aromatic carbocycles. The fraction of sp³-hybridized carbons (Fsp3) is 0.500. The van der Waals surface area contributed by atoms with Crippen LogP contribution >= 0.6 is 0 Å². The number of amides is 1. The standard InChI is InChI=1S/C20H26FN5O/c1-13-8-14(2)26(25-13)12-20(6-7-20)11-22-19(27)17-10-23-24-18(17)15-4-3-5-16(21)9-15/h3-5,8-9,17-18,23-24H,6-7,10-12H2,1-2H3,(H,22,27). The largest absolute Gasteiger partial charge is 0.355 e. The smallest absolute Gasteiger partial charge is 0.226 e. The average molecular weight is 371 g/mol. The number of carbonyl (C=O) groups excluding carboxylic acids is 1. The van der Waals surface area contributed by atoms with Crippen molar-refractivity contribution in [2.24, 2.45) is 11.3 Å². The molecule has 2 aliphatic rings. The summed E-state index contributed by atoms with van der Waals surface area (Å²) in [6.07, 6.45) is 2.19. The minimum absolute atomic E-state index is 0.00130. The summed E-state index contributed by atoms with van der Waals surface area (Å²) >= 11 is 0. The van der Waals surface area contributed by atoms with E-state index in [2.05, 4.69) is 34.3 Å². The third-order valence-electron chi connectivity index (χ3n) is 5.71. The molecule has 3 N–H and O–H groups in total. The molecule has 1 aliphatic heterocycles. The van der Waals surface area contributed by atoms with E-state index < -0.39 is 0 Å². The molecule has 1 aromatic heterocycles. The summed E-state index contributed by atoms with van der Waals surface area (Å²) in [6, 6.07) is 8.26. The van der Waals surface area contributed by atoms with Gasteiger partial charge < -0.3 is 5.32 Å². The molecule has 4 rings (SSSR count). The Morgan fingerprint density at radius 3 is 2.85 bits per heavy atom. The number of halogens is 1. The zero-order chi connectivity index (χ0) is 19.0. The SMILES string of the molecule is Cc1cc(C)n(CC2(CNC(=O)C3CNNC3c3cccc(F)c3)CC2)n1. The van der Waals surface area contributed by atoms with Crippen LogP contribution in [0.2, 0.25) is 0 Å². The number of aryl methyl sites for hydroxylation is 2. The number of nitrogens with one attached hydrogen (secondary N) is 3. The lowest BCUT2D eigenvalue weighted by Crippen LogP contribution is -2.39. The van der Waals surface area contributed by atoms with Gasteiger partial charge in [-0.05, 0) is 50.5 Å². The summed E-state index contributed by atoms with van der Waals surface area (Å²) in [7, 11) is 0. The highest BCUT2D eigenvalue weighted by atomic mass is 19.1. The maximum absolute atomic E-state index is 13.5. The zero-order valence-electron chi connectivity index (χ0n) is 15.8. The van der Waals surface area contributed by atoms with Crippen LogP contribution in [0.25, 0.3) is 0 Å². The van der Waals surface area contributed by atoms with Gasteiger partial charge in [-0.3, -0.25) is 14.9 Å². The van der Waals surface area contributed by atoms with Crippen LogP contribution in [0, 0.1) is 31.0 Å². The third-order valence-corrected chi connectivity index (χ3v) is 5.71. The molecule has 1 saturated heterocycles. The summed E-state index contributed by atoms with van der Waals surface area (Å²) in [5.41, 5.74) is 9.20. The maximum atomic E-state index is 13.5. The van der Waals surface area contributed by atoms with E-state index in [0.29, 0.717) is 13.1 Å². The summed E-state index contributed by atoms with van der Waals surface area (Å²) < 4.78 is 15.6. The Kier molecular flexibility index (Phi) is 4.74. The van der Waals surface area contributed by atoms with Gasteiger partial charge in [0.1, 0.15) is 5.82 Å². The van der Waals surface area contributed by atoms with Gasteiger partial charge in [-0.25, -0.2) is 9.82 Å². The van der Waals surface area contributed by atoms with Crippen LogP contribution in [-0.2, 0) is 11.3 Å². The van der Waals surface area contributed by atoms with E-state index in [1.165, 1.54) is 12.1 Å². The molecular weight excluding hydrogens is 345 g/mol. The lowest BCUT2D eigenvalue weighted by atomic mass is 9.94. The number of rotatable bonds is 6. The van der Waals surface area contributed by atoms with Crippen molar-refractivity contribution in [2.75, 3.05) is 13.1 Å². The van der Waals surface area contributed by atoms with Crippen molar-refractivity contribution < 1.29 is 9.18 Å². The van der Waals surface area contributed by atoms with Gasteiger partial charge in [0.15, 0.2) is 0 Å². The number of nitrogens with zero attached hydrogens (tertiary/aromatic N) is 2. The van der Waals surface area contributed by atoms with E-state index in [1.54, 1.807) is 6.07 Å². The molecule has 0 spiro atoms. The Morgan fingerprint density at radius 1 is 1.37 bits per heavy atom. The lowest BCUT2D eigenvalue weighted by Gasteiger charge is -2.21. The number of benzene rings is 1. The molecule has 2 heterocycles. The van der Waals surface area contributed by atoms with Gasteiger partial charge in [0.2, 0.25) is 5.91 Å². The molecule has 6 nitrogen and oxygen atoms in total. The summed E-state index contributed by atoms with van der Waals surface area (Å²) in [6.45, 7) is 6.07. The molecule has 2 unspecified atom stereocenters. The fourth-order valence-corrected chi connectivity index (χ4v) is 3.88. The fourth-order valence-electron chi connectivity index (χ4n) is 3.88. The van der Waals surface area contributed by atoms with Crippen molar-refractivity contribution in [1.82, 2.24) is 25.9 Å². The molecule has 2 fully saturated rings. The van der Waals surface area contributed by atoms with Crippen molar-refractivity contribution in [2.45, 2.75) is 39.3 Å². The van der Waals surface area contributed by atoms with Crippen molar-refractivity contribution >= 4 is 5.91 Å². The quantitative estimate of drug-likeness (QED) is 0.726. The molecule has 0 bridgehead atoms. The number of hydrogen-bond acceptors (Lipinski definition) is 4. The first-order chi connectivity index (χ1) is 13.0. The van der Waals surface area contributed by atoms with E-state index in [9.17, 15) is 9.18 Å².